The van der Waals surface area contributed by atoms with Crippen LogP contribution in [-0.2, 0) is 36.8 Å². The number of esters is 1. The van der Waals surface area contributed by atoms with Crippen molar-refractivity contribution < 1.29 is 38.4 Å². The zero-order chi connectivity index (χ0) is 34.1. The molecule has 11 heteroatoms. The van der Waals surface area contributed by atoms with Gasteiger partial charge in [0.05, 0.1) is 27.2 Å². The van der Waals surface area contributed by atoms with E-state index in [1.807, 2.05) is 44.2 Å². The normalized spacial score (nSPS) is 16.2. The lowest BCUT2D eigenvalue weighted by Gasteiger charge is -2.32. The first-order valence-electron chi connectivity index (χ1n) is 15.6. The number of anilines is 1. The molecule has 2 atom stereocenters. The molecule has 3 aromatic carbocycles. The minimum atomic E-state index is -1.19. The van der Waals surface area contributed by atoms with Gasteiger partial charge in [-0.15, -0.1) is 0 Å². The van der Waals surface area contributed by atoms with Crippen LogP contribution in [0.25, 0.3) is 0 Å². The maximum absolute atomic E-state index is 14.3. The summed E-state index contributed by atoms with van der Waals surface area (Å²) in [7, 11) is 3.06. The Bertz CT molecular complexity index is 1580. The summed E-state index contributed by atoms with van der Waals surface area (Å²) >= 11 is 6.50. The molecule has 1 aliphatic heterocycles. The highest BCUT2D eigenvalue weighted by Gasteiger charge is 2.40. The number of fused-ring (bicyclic) bond motifs is 1. The SMILES string of the molecule is CCOC(=O)CCc1cccc(CNC(=O)C[C@H]2O[C@H](c3cccc(OC)c3OC)c3cc(Cl)ccc3N(CC(C)(C)CO)C2=O)c1. The van der Waals surface area contributed by atoms with Crippen molar-refractivity contribution in [2.75, 3.05) is 38.9 Å². The smallest absolute Gasteiger partial charge is 0.306 e. The number of nitrogens with one attached hydrogen (secondary N) is 1. The second-order valence-corrected chi connectivity index (χ2v) is 12.6. The fourth-order valence-corrected chi connectivity index (χ4v) is 5.70. The van der Waals surface area contributed by atoms with Crippen molar-refractivity contribution in [1.82, 2.24) is 5.32 Å². The van der Waals surface area contributed by atoms with Gasteiger partial charge in [-0.1, -0.05) is 61.8 Å². The lowest BCUT2D eigenvalue weighted by Crippen LogP contribution is -2.46. The standard InChI is InChI=1S/C36H43ClN2O8/c1-6-46-32(42)16-13-23-9-7-10-24(17-23)20-38-31(41)19-30-35(43)39(21-36(2,3)22-40)28-15-14-25(37)18-27(28)33(47-30)26-11-8-12-29(44-4)34(26)45-5/h7-12,14-15,17-18,30,33,40H,6,13,16,19-22H2,1-5H3,(H,38,41)/t30-,33-/m1/s1. The van der Waals surface area contributed by atoms with Gasteiger partial charge in [0.25, 0.3) is 5.91 Å². The summed E-state index contributed by atoms with van der Waals surface area (Å²) in [6.07, 6.45) is -1.52. The summed E-state index contributed by atoms with van der Waals surface area (Å²) in [4.78, 5) is 41.1. The van der Waals surface area contributed by atoms with Gasteiger partial charge in [-0.25, -0.2) is 0 Å². The molecule has 0 saturated carbocycles. The predicted octanol–water partition coefficient (Wildman–Crippen LogP) is 5.40. The number of carbonyl (C=O) groups is 3. The Balaban J connectivity index is 1.64. The molecule has 0 spiro atoms. The van der Waals surface area contributed by atoms with E-state index in [1.54, 1.807) is 42.2 Å². The van der Waals surface area contributed by atoms with Crippen molar-refractivity contribution in [3.63, 3.8) is 0 Å². The summed E-state index contributed by atoms with van der Waals surface area (Å²) in [5, 5.41) is 13.5. The first-order chi connectivity index (χ1) is 22.5. The van der Waals surface area contributed by atoms with Gasteiger partial charge in [-0.2, -0.15) is 0 Å². The zero-order valence-corrected chi connectivity index (χ0v) is 28.3. The van der Waals surface area contributed by atoms with Gasteiger partial charge in [-0.05, 0) is 48.7 Å². The van der Waals surface area contributed by atoms with Crippen LogP contribution in [0.2, 0.25) is 5.02 Å². The van der Waals surface area contributed by atoms with Gasteiger partial charge in [0.2, 0.25) is 5.91 Å². The maximum atomic E-state index is 14.3. The van der Waals surface area contributed by atoms with Crippen LogP contribution in [0.1, 0.15) is 62.0 Å². The van der Waals surface area contributed by atoms with E-state index in [1.165, 1.54) is 14.2 Å². The molecule has 2 N–H and O–H groups in total. The Morgan fingerprint density at radius 2 is 1.77 bits per heavy atom. The fourth-order valence-electron chi connectivity index (χ4n) is 5.52. The number of amides is 2. The van der Waals surface area contributed by atoms with E-state index in [-0.39, 0.29) is 44.4 Å². The lowest BCUT2D eigenvalue weighted by atomic mass is 9.92. The number of rotatable bonds is 14. The van der Waals surface area contributed by atoms with E-state index in [9.17, 15) is 19.5 Å². The Morgan fingerprint density at radius 3 is 2.47 bits per heavy atom. The molecule has 1 heterocycles. The molecular formula is C36H43ClN2O8. The van der Waals surface area contributed by atoms with Crippen LogP contribution in [0.5, 0.6) is 11.5 Å². The van der Waals surface area contributed by atoms with E-state index in [0.29, 0.717) is 46.4 Å². The number of nitrogens with zero attached hydrogens (tertiary/aromatic N) is 1. The van der Waals surface area contributed by atoms with Gasteiger partial charge in [-0.3, -0.25) is 14.4 Å². The van der Waals surface area contributed by atoms with E-state index >= 15 is 0 Å². The van der Waals surface area contributed by atoms with Crippen molar-refractivity contribution in [1.29, 1.82) is 0 Å². The van der Waals surface area contributed by atoms with Crippen LogP contribution in [0.15, 0.2) is 60.7 Å². The minimum absolute atomic E-state index is 0.166. The van der Waals surface area contributed by atoms with Crippen molar-refractivity contribution in [2.45, 2.75) is 58.8 Å². The number of aliphatic hydroxyl groups is 1. The van der Waals surface area contributed by atoms with Gasteiger partial charge >= 0.3 is 5.97 Å². The molecule has 0 saturated heterocycles. The molecule has 252 valence electrons. The van der Waals surface area contributed by atoms with Crippen LogP contribution >= 0.6 is 11.6 Å². The first kappa shape index (κ1) is 35.7. The molecule has 4 rings (SSSR count). The summed E-state index contributed by atoms with van der Waals surface area (Å²) in [6, 6.07) is 18.2. The minimum Gasteiger partial charge on any atom is -0.493 e. The quantitative estimate of drug-likeness (QED) is 0.219. The third kappa shape index (κ3) is 9.03. The molecule has 1 aliphatic rings. The molecule has 0 aliphatic carbocycles. The van der Waals surface area contributed by atoms with Crippen molar-refractivity contribution in [3.8, 4) is 11.5 Å². The van der Waals surface area contributed by atoms with E-state index < -0.39 is 23.5 Å². The zero-order valence-electron chi connectivity index (χ0n) is 27.5. The van der Waals surface area contributed by atoms with E-state index in [0.717, 1.165) is 11.1 Å². The Hall–Kier alpha value is -4.12. The van der Waals surface area contributed by atoms with Gasteiger partial charge < -0.3 is 34.3 Å². The van der Waals surface area contributed by atoms with Crippen LogP contribution in [-0.4, -0.2) is 63.0 Å². The Labute approximate surface area is 280 Å². The van der Waals surface area contributed by atoms with Gasteiger partial charge in [0, 0.05) is 53.4 Å². The van der Waals surface area contributed by atoms with Crippen molar-refractivity contribution in [3.05, 3.63) is 87.9 Å². The third-order valence-electron chi connectivity index (χ3n) is 7.91. The second-order valence-electron chi connectivity index (χ2n) is 12.1. The predicted molar refractivity (Wildman–Crippen MR) is 179 cm³/mol. The number of para-hydroxylation sites is 1. The summed E-state index contributed by atoms with van der Waals surface area (Å²) in [5.41, 5.74) is 2.88. The summed E-state index contributed by atoms with van der Waals surface area (Å²) in [6.45, 7) is 6.03. The average Bonchev–Trinajstić information content (AvgIpc) is 3.16. The summed E-state index contributed by atoms with van der Waals surface area (Å²) < 4.78 is 22.9. The molecule has 0 bridgehead atoms. The topological polar surface area (TPSA) is 124 Å². The molecule has 2 amide bonds. The number of benzene rings is 3. The number of hydrogen-bond acceptors (Lipinski definition) is 8. The number of halogens is 1. The Morgan fingerprint density at radius 1 is 1.02 bits per heavy atom. The molecule has 0 fully saturated rings. The Kier molecular flexibility index (Phi) is 12.3. The van der Waals surface area contributed by atoms with E-state index in [4.69, 9.17) is 30.5 Å². The number of hydrogen-bond donors (Lipinski definition) is 2. The molecule has 10 nitrogen and oxygen atoms in total. The largest absolute Gasteiger partial charge is 0.493 e. The highest BCUT2D eigenvalue weighted by molar-refractivity contribution is 6.30. The van der Waals surface area contributed by atoms with Crippen LogP contribution < -0.4 is 19.7 Å². The number of aryl methyl sites for hydroxylation is 1. The number of methoxy groups -OCH3 is 2. The molecule has 3 aromatic rings. The number of carbonyl (C=O) groups excluding carboxylic acids is 3. The van der Waals surface area contributed by atoms with Crippen LogP contribution in [0, 0.1) is 5.41 Å². The number of aliphatic hydroxyl groups excluding tert-OH is 1. The third-order valence-corrected chi connectivity index (χ3v) is 8.14. The van der Waals surface area contributed by atoms with Crippen LogP contribution in [0.4, 0.5) is 5.69 Å². The molecule has 0 radical (unpaired) electrons. The highest BCUT2D eigenvalue weighted by atomic mass is 35.5. The van der Waals surface area contributed by atoms with Crippen molar-refractivity contribution in [2.24, 2.45) is 5.41 Å². The van der Waals surface area contributed by atoms with Gasteiger partial charge in [0.15, 0.2) is 11.5 Å². The highest BCUT2D eigenvalue weighted by Crippen LogP contribution is 2.45. The molecule has 47 heavy (non-hydrogen) atoms. The van der Waals surface area contributed by atoms with Crippen molar-refractivity contribution >= 4 is 35.1 Å². The van der Waals surface area contributed by atoms with Crippen LogP contribution in [0.3, 0.4) is 0 Å². The van der Waals surface area contributed by atoms with Gasteiger partial charge in [0.1, 0.15) is 12.2 Å². The monoisotopic (exact) mass is 666 g/mol. The lowest BCUT2D eigenvalue weighted by molar-refractivity contribution is -0.143. The summed E-state index contributed by atoms with van der Waals surface area (Å²) in [5.74, 6) is -0.166. The molecule has 0 unspecified atom stereocenters. The second kappa shape index (κ2) is 16.1. The van der Waals surface area contributed by atoms with E-state index in [2.05, 4.69) is 5.32 Å². The molecule has 0 aromatic heterocycles. The molecular weight excluding hydrogens is 624 g/mol. The fraction of sp³-hybridized carbons (Fsp3) is 0.417. The number of ether oxygens (including phenoxy) is 4. The maximum Gasteiger partial charge on any atom is 0.306 e. The first-order valence-corrected chi connectivity index (χ1v) is 16.0. The average molecular weight is 667 g/mol.